The van der Waals surface area contributed by atoms with Gasteiger partial charge < -0.3 is 0 Å². The molecule has 0 aromatic carbocycles. The van der Waals surface area contributed by atoms with Crippen LogP contribution in [0, 0.1) is 5.41 Å². The van der Waals surface area contributed by atoms with Crippen LogP contribution in [0.4, 0.5) is 5.82 Å². The Balaban J connectivity index is 2.24. The second-order valence-electron chi connectivity index (χ2n) is 6.67. The van der Waals surface area contributed by atoms with E-state index in [-0.39, 0.29) is 11.3 Å². The predicted octanol–water partition coefficient (Wildman–Crippen LogP) is 3.36. The molecule has 0 saturated heterocycles. The molecule has 0 spiro atoms. The molecule has 3 nitrogen and oxygen atoms in total. The lowest BCUT2D eigenvalue weighted by Crippen LogP contribution is -2.31. The van der Waals surface area contributed by atoms with Gasteiger partial charge in [-0.25, -0.2) is 4.98 Å². The fourth-order valence-corrected chi connectivity index (χ4v) is 2.62. The first-order valence-corrected chi connectivity index (χ1v) is 7.12. The van der Waals surface area contributed by atoms with Crippen LogP contribution in [0.2, 0.25) is 0 Å². The maximum absolute atomic E-state index is 12.3. The topological polar surface area (TPSA) is 33.2 Å². The minimum atomic E-state index is 0.0141. The number of rotatable bonds is 2. The molecule has 2 rings (SSSR count). The van der Waals surface area contributed by atoms with Crippen molar-refractivity contribution < 1.29 is 4.79 Å². The molecule has 1 heterocycles. The quantitative estimate of drug-likeness (QED) is 0.817. The number of fused-ring (bicyclic) bond motifs is 1. The monoisotopic (exact) mass is 260 g/mol. The van der Waals surface area contributed by atoms with E-state index in [2.05, 4.69) is 31.8 Å². The highest BCUT2D eigenvalue weighted by Crippen LogP contribution is 2.29. The van der Waals surface area contributed by atoms with Crippen molar-refractivity contribution in [2.45, 2.75) is 52.9 Å². The third-order valence-corrected chi connectivity index (χ3v) is 3.63. The van der Waals surface area contributed by atoms with Gasteiger partial charge in [0.05, 0.1) is 0 Å². The molecule has 0 fully saturated rings. The summed E-state index contributed by atoms with van der Waals surface area (Å²) in [5.74, 6) is 1.02. The van der Waals surface area contributed by atoms with Crippen LogP contribution in [-0.4, -0.2) is 17.9 Å². The van der Waals surface area contributed by atoms with Crippen molar-refractivity contribution in [2.75, 3.05) is 11.9 Å². The molecule has 0 bridgehead atoms. The van der Waals surface area contributed by atoms with Crippen molar-refractivity contribution >= 4 is 11.7 Å². The zero-order chi connectivity index (χ0) is 14.0. The smallest absolute Gasteiger partial charge is 0.228 e. The Morgan fingerprint density at radius 2 is 2.00 bits per heavy atom. The first-order chi connectivity index (χ1) is 8.88. The van der Waals surface area contributed by atoms with Crippen LogP contribution in [0.25, 0.3) is 0 Å². The largest absolute Gasteiger partial charge is 0.300 e. The van der Waals surface area contributed by atoms with Crippen LogP contribution in [-0.2, 0) is 17.6 Å². The molecule has 0 unspecified atom stereocenters. The molecule has 1 aliphatic rings. The van der Waals surface area contributed by atoms with Gasteiger partial charge in [0, 0.05) is 19.7 Å². The maximum atomic E-state index is 12.3. The van der Waals surface area contributed by atoms with Gasteiger partial charge in [0.2, 0.25) is 5.91 Å². The van der Waals surface area contributed by atoms with E-state index in [0.717, 1.165) is 18.7 Å². The molecule has 1 aromatic heterocycles. The Kier molecular flexibility index (Phi) is 3.93. The van der Waals surface area contributed by atoms with Crippen molar-refractivity contribution in [1.82, 2.24) is 4.98 Å². The lowest BCUT2D eigenvalue weighted by molar-refractivity contribution is -0.120. The average molecular weight is 260 g/mol. The number of pyridine rings is 1. The van der Waals surface area contributed by atoms with Gasteiger partial charge in [-0.2, -0.15) is 0 Å². The first-order valence-electron chi connectivity index (χ1n) is 7.12. The highest BCUT2D eigenvalue weighted by molar-refractivity contribution is 5.93. The van der Waals surface area contributed by atoms with Gasteiger partial charge in [0.25, 0.3) is 0 Å². The molecular formula is C16H24N2O. The third kappa shape index (κ3) is 3.34. The van der Waals surface area contributed by atoms with E-state index in [0.29, 0.717) is 6.42 Å². The minimum absolute atomic E-state index is 0.0141. The summed E-state index contributed by atoms with van der Waals surface area (Å²) in [6, 6.07) is 2.10. The molecule has 1 aliphatic carbocycles. The van der Waals surface area contributed by atoms with E-state index in [9.17, 15) is 4.79 Å². The number of aromatic nitrogens is 1. The Morgan fingerprint density at radius 3 is 2.68 bits per heavy atom. The minimum Gasteiger partial charge on any atom is -0.300 e. The highest BCUT2D eigenvalue weighted by Gasteiger charge is 2.23. The molecule has 19 heavy (non-hydrogen) atoms. The summed E-state index contributed by atoms with van der Waals surface area (Å²) in [5, 5.41) is 0. The molecular weight excluding hydrogens is 236 g/mol. The second kappa shape index (κ2) is 5.32. The second-order valence-corrected chi connectivity index (χ2v) is 6.67. The predicted molar refractivity (Wildman–Crippen MR) is 78.4 cm³/mol. The zero-order valence-corrected chi connectivity index (χ0v) is 12.5. The SMILES string of the molecule is CN(C(=O)CC(C)(C)C)c1nccc2c1CCCC2. The van der Waals surface area contributed by atoms with Gasteiger partial charge in [-0.3, -0.25) is 9.69 Å². The van der Waals surface area contributed by atoms with Gasteiger partial charge in [0.1, 0.15) is 5.82 Å². The van der Waals surface area contributed by atoms with Crippen molar-refractivity contribution in [2.24, 2.45) is 5.41 Å². The summed E-state index contributed by atoms with van der Waals surface area (Å²) in [6.45, 7) is 6.27. The van der Waals surface area contributed by atoms with Gasteiger partial charge >= 0.3 is 0 Å². The number of anilines is 1. The van der Waals surface area contributed by atoms with Crippen LogP contribution in [0.3, 0.4) is 0 Å². The Morgan fingerprint density at radius 1 is 1.32 bits per heavy atom. The lowest BCUT2D eigenvalue weighted by atomic mass is 9.90. The summed E-state index contributed by atoms with van der Waals surface area (Å²) in [6.07, 6.45) is 7.00. The lowest BCUT2D eigenvalue weighted by Gasteiger charge is -2.26. The molecule has 0 N–H and O–H groups in total. The molecule has 3 heteroatoms. The van der Waals surface area contributed by atoms with E-state index >= 15 is 0 Å². The van der Waals surface area contributed by atoms with Gasteiger partial charge in [0.15, 0.2) is 0 Å². The van der Waals surface area contributed by atoms with Crippen LogP contribution in [0.5, 0.6) is 0 Å². The number of hydrogen-bond donors (Lipinski definition) is 0. The summed E-state index contributed by atoms with van der Waals surface area (Å²) < 4.78 is 0. The van der Waals surface area contributed by atoms with E-state index in [1.165, 1.54) is 24.0 Å². The fourth-order valence-electron chi connectivity index (χ4n) is 2.62. The number of carbonyl (C=O) groups excluding carboxylic acids is 1. The Bertz CT molecular complexity index is 474. The molecule has 0 aliphatic heterocycles. The van der Waals surface area contributed by atoms with Gasteiger partial charge in [-0.15, -0.1) is 0 Å². The van der Waals surface area contributed by atoms with Crippen molar-refractivity contribution in [1.29, 1.82) is 0 Å². The van der Waals surface area contributed by atoms with Crippen molar-refractivity contribution in [3.05, 3.63) is 23.4 Å². The van der Waals surface area contributed by atoms with Crippen LogP contribution < -0.4 is 4.90 Å². The standard InChI is InChI=1S/C16H24N2O/c1-16(2,3)11-14(19)18(4)15-13-8-6-5-7-12(13)9-10-17-15/h9-10H,5-8,11H2,1-4H3. The Labute approximate surface area is 116 Å². The fraction of sp³-hybridized carbons (Fsp3) is 0.625. The van der Waals surface area contributed by atoms with Crippen LogP contribution >= 0.6 is 0 Å². The highest BCUT2D eigenvalue weighted by atomic mass is 16.2. The molecule has 1 amide bonds. The normalized spacial score (nSPS) is 14.9. The summed E-state index contributed by atoms with van der Waals surface area (Å²) >= 11 is 0. The number of nitrogens with zero attached hydrogens (tertiary/aromatic N) is 2. The molecule has 0 atom stereocenters. The zero-order valence-electron chi connectivity index (χ0n) is 12.5. The van der Waals surface area contributed by atoms with E-state index < -0.39 is 0 Å². The molecule has 0 saturated carbocycles. The summed E-state index contributed by atoms with van der Waals surface area (Å²) in [7, 11) is 1.85. The number of carbonyl (C=O) groups is 1. The number of aryl methyl sites for hydroxylation is 1. The Hall–Kier alpha value is -1.38. The van der Waals surface area contributed by atoms with Crippen LogP contribution in [0.1, 0.15) is 51.2 Å². The van der Waals surface area contributed by atoms with E-state index in [1.807, 2.05) is 13.2 Å². The summed E-state index contributed by atoms with van der Waals surface area (Å²) in [4.78, 5) is 18.5. The molecule has 104 valence electrons. The third-order valence-electron chi connectivity index (χ3n) is 3.63. The van der Waals surface area contributed by atoms with E-state index in [1.54, 1.807) is 4.90 Å². The average Bonchev–Trinajstić information content (AvgIpc) is 2.35. The first kappa shape index (κ1) is 14.0. The van der Waals surface area contributed by atoms with Crippen molar-refractivity contribution in [3.63, 3.8) is 0 Å². The maximum Gasteiger partial charge on any atom is 0.228 e. The van der Waals surface area contributed by atoms with Crippen molar-refractivity contribution in [3.8, 4) is 0 Å². The molecule has 0 radical (unpaired) electrons. The van der Waals surface area contributed by atoms with E-state index in [4.69, 9.17) is 0 Å². The van der Waals surface area contributed by atoms with Crippen LogP contribution in [0.15, 0.2) is 12.3 Å². The number of amides is 1. The van der Waals surface area contributed by atoms with Gasteiger partial charge in [-0.1, -0.05) is 20.8 Å². The summed E-state index contributed by atoms with van der Waals surface area (Å²) in [5.41, 5.74) is 2.66. The number of hydrogen-bond acceptors (Lipinski definition) is 2. The van der Waals surface area contributed by atoms with Gasteiger partial charge in [-0.05, 0) is 48.3 Å². The molecule has 1 aromatic rings.